The maximum absolute atomic E-state index is 4.45. The lowest BCUT2D eigenvalue weighted by atomic mass is 9.96. The first kappa shape index (κ1) is 17.1. The molecule has 0 aliphatic rings. The van der Waals surface area contributed by atoms with Gasteiger partial charge in [-0.3, -0.25) is 4.98 Å². The van der Waals surface area contributed by atoms with E-state index in [1.165, 1.54) is 11.1 Å². The molecule has 4 nitrogen and oxygen atoms in total. The highest BCUT2D eigenvalue weighted by atomic mass is 15.1. The van der Waals surface area contributed by atoms with Gasteiger partial charge in [-0.2, -0.15) is 0 Å². The normalized spacial score (nSPS) is 12.2. The van der Waals surface area contributed by atoms with Gasteiger partial charge in [-0.25, -0.2) is 9.97 Å². The Hall–Kier alpha value is -2.75. The minimum Gasteiger partial charge on any atom is -0.324 e. The molecule has 0 saturated carbocycles. The van der Waals surface area contributed by atoms with Crippen molar-refractivity contribution < 1.29 is 0 Å². The Morgan fingerprint density at radius 2 is 1.48 bits per heavy atom. The van der Waals surface area contributed by atoms with E-state index in [0.29, 0.717) is 11.9 Å². The van der Waals surface area contributed by atoms with Crippen LogP contribution in [0, 0.1) is 5.92 Å². The van der Waals surface area contributed by atoms with Gasteiger partial charge in [-0.15, -0.1) is 0 Å². The van der Waals surface area contributed by atoms with Crippen LogP contribution in [0.1, 0.15) is 43.4 Å². The number of anilines is 2. The number of nitrogens with one attached hydrogen (secondary N) is 1. The molecule has 2 heterocycles. The first-order chi connectivity index (χ1) is 12.1. The highest BCUT2D eigenvalue weighted by Gasteiger charge is 2.09. The lowest BCUT2D eigenvalue weighted by Crippen LogP contribution is -2.02. The van der Waals surface area contributed by atoms with Crippen molar-refractivity contribution in [1.82, 2.24) is 15.0 Å². The minimum atomic E-state index is 0.243. The summed E-state index contributed by atoms with van der Waals surface area (Å²) in [6.07, 6.45) is 8.48. The van der Waals surface area contributed by atoms with E-state index in [1.807, 2.05) is 36.9 Å². The summed E-state index contributed by atoms with van der Waals surface area (Å²) in [7, 11) is 0. The summed E-state index contributed by atoms with van der Waals surface area (Å²) < 4.78 is 0. The second kappa shape index (κ2) is 7.88. The Balaban J connectivity index is 1.66. The van der Waals surface area contributed by atoms with Crippen LogP contribution in [0.25, 0.3) is 0 Å². The summed E-state index contributed by atoms with van der Waals surface area (Å²) in [5.41, 5.74) is 4.65. The van der Waals surface area contributed by atoms with E-state index in [-0.39, 0.29) is 5.92 Å². The van der Waals surface area contributed by atoms with Crippen LogP contribution in [-0.4, -0.2) is 15.0 Å². The number of hydrogen-bond donors (Lipinski definition) is 1. The van der Waals surface area contributed by atoms with Crippen molar-refractivity contribution in [2.75, 3.05) is 5.32 Å². The molecule has 0 fully saturated rings. The summed E-state index contributed by atoms with van der Waals surface area (Å²) in [5.74, 6) is 1.52. The van der Waals surface area contributed by atoms with Crippen molar-refractivity contribution in [3.05, 3.63) is 77.9 Å². The number of benzene rings is 1. The Morgan fingerprint density at radius 3 is 2.08 bits per heavy atom. The molecule has 4 heteroatoms. The summed E-state index contributed by atoms with van der Waals surface area (Å²) >= 11 is 0. The van der Waals surface area contributed by atoms with Crippen molar-refractivity contribution in [3.63, 3.8) is 0 Å². The quantitative estimate of drug-likeness (QED) is 0.693. The smallest absolute Gasteiger partial charge is 0.227 e. The van der Waals surface area contributed by atoms with Gasteiger partial charge in [0, 0.05) is 36.4 Å². The summed E-state index contributed by atoms with van der Waals surface area (Å²) in [4.78, 5) is 13.0. The second-order valence-electron chi connectivity index (χ2n) is 6.76. The fourth-order valence-corrected chi connectivity index (χ4v) is 2.80. The van der Waals surface area contributed by atoms with Gasteiger partial charge in [0.15, 0.2) is 0 Å². The second-order valence-corrected chi connectivity index (χ2v) is 6.76. The van der Waals surface area contributed by atoms with Crippen LogP contribution in [0.2, 0.25) is 0 Å². The monoisotopic (exact) mass is 332 g/mol. The van der Waals surface area contributed by atoms with Gasteiger partial charge < -0.3 is 5.32 Å². The molecule has 128 valence electrons. The molecule has 0 aliphatic heterocycles. The average molecular weight is 332 g/mol. The number of pyridine rings is 1. The number of nitrogens with zero attached hydrogens (tertiary/aromatic N) is 3. The number of hydrogen-bond acceptors (Lipinski definition) is 4. The molecular formula is C21H24N4. The molecule has 1 atom stereocenters. The standard InChI is InChI=1S/C21H24N4/c1-15(2)12-17-4-6-20(7-5-17)25-21-23-13-19(14-24-21)16(3)18-8-10-22-11-9-18/h4-11,13-16H,12H2,1-3H3,(H,23,24,25). The summed E-state index contributed by atoms with van der Waals surface area (Å²) in [6, 6.07) is 12.5. The molecule has 0 amide bonds. The highest BCUT2D eigenvalue weighted by Crippen LogP contribution is 2.23. The molecule has 0 bridgehead atoms. The van der Waals surface area contributed by atoms with Crippen LogP contribution in [0.3, 0.4) is 0 Å². The zero-order valence-electron chi connectivity index (χ0n) is 15.0. The van der Waals surface area contributed by atoms with Gasteiger partial charge in [0.25, 0.3) is 0 Å². The molecule has 3 aromatic rings. The number of rotatable bonds is 6. The molecule has 25 heavy (non-hydrogen) atoms. The van der Waals surface area contributed by atoms with Crippen LogP contribution in [0.5, 0.6) is 0 Å². The van der Waals surface area contributed by atoms with E-state index in [0.717, 1.165) is 17.7 Å². The van der Waals surface area contributed by atoms with Gasteiger partial charge in [0.1, 0.15) is 0 Å². The summed E-state index contributed by atoms with van der Waals surface area (Å²) in [5, 5.41) is 3.26. The lowest BCUT2D eigenvalue weighted by molar-refractivity contribution is 0.647. The van der Waals surface area contributed by atoms with Crippen LogP contribution < -0.4 is 5.32 Å². The molecular weight excluding hydrogens is 308 g/mol. The lowest BCUT2D eigenvalue weighted by Gasteiger charge is -2.12. The molecule has 2 aromatic heterocycles. The Labute approximate surface area is 149 Å². The highest BCUT2D eigenvalue weighted by molar-refractivity contribution is 5.53. The minimum absolute atomic E-state index is 0.243. The molecule has 3 rings (SSSR count). The van der Waals surface area contributed by atoms with Gasteiger partial charge in [-0.05, 0) is 53.3 Å². The maximum atomic E-state index is 4.45. The SMILES string of the molecule is CC(C)Cc1ccc(Nc2ncc(C(C)c3ccncc3)cn2)cc1. The topological polar surface area (TPSA) is 50.7 Å². The zero-order chi connectivity index (χ0) is 17.6. The van der Waals surface area contributed by atoms with Crippen LogP contribution >= 0.6 is 0 Å². The molecule has 0 saturated heterocycles. The van der Waals surface area contributed by atoms with Crippen LogP contribution in [-0.2, 0) is 6.42 Å². The molecule has 1 aromatic carbocycles. The van der Waals surface area contributed by atoms with E-state index >= 15 is 0 Å². The third kappa shape index (κ3) is 4.63. The third-order valence-electron chi connectivity index (χ3n) is 4.23. The van der Waals surface area contributed by atoms with E-state index in [1.54, 1.807) is 0 Å². The van der Waals surface area contributed by atoms with E-state index in [2.05, 4.69) is 65.3 Å². The molecule has 0 radical (unpaired) electrons. The fourth-order valence-electron chi connectivity index (χ4n) is 2.80. The van der Waals surface area contributed by atoms with Gasteiger partial charge in [0.2, 0.25) is 5.95 Å². The van der Waals surface area contributed by atoms with Crippen molar-refractivity contribution in [3.8, 4) is 0 Å². The van der Waals surface area contributed by atoms with E-state index in [4.69, 9.17) is 0 Å². The molecule has 1 unspecified atom stereocenters. The van der Waals surface area contributed by atoms with Crippen molar-refractivity contribution in [2.24, 2.45) is 5.92 Å². The fraction of sp³-hybridized carbons (Fsp3) is 0.286. The first-order valence-corrected chi connectivity index (χ1v) is 8.69. The zero-order valence-corrected chi connectivity index (χ0v) is 15.0. The number of aromatic nitrogens is 3. The van der Waals surface area contributed by atoms with Crippen molar-refractivity contribution >= 4 is 11.6 Å². The predicted molar refractivity (Wildman–Crippen MR) is 102 cm³/mol. The van der Waals surface area contributed by atoms with Gasteiger partial charge in [-0.1, -0.05) is 32.9 Å². The molecule has 1 N–H and O–H groups in total. The van der Waals surface area contributed by atoms with Gasteiger partial charge >= 0.3 is 0 Å². The third-order valence-corrected chi connectivity index (χ3v) is 4.23. The average Bonchev–Trinajstić information content (AvgIpc) is 2.64. The molecule has 0 spiro atoms. The predicted octanol–water partition coefficient (Wildman–Crippen LogP) is 4.97. The Bertz CT molecular complexity index is 780. The van der Waals surface area contributed by atoms with Gasteiger partial charge in [0.05, 0.1) is 0 Å². The maximum Gasteiger partial charge on any atom is 0.227 e. The van der Waals surface area contributed by atoms with Crippen molar-refractivity contribution in [2.45, 2.75) is 33.1 Å². The summed E-state index contributed by atoms with van der Waals surface area (Å²) in [6.45, 7) is 6.61. The first-order valence-electron chi connectivity index (χ1n) is 8.69. The largest absolute Gasteiger partial charge is 0.324 e. The Morgan fingerprint density at radius 1 is 0.840 bits per heavy atom. The Kier molecular flexibility index (Phi) is 5.39. The van der Waals surface area contributed by atoms with Crippen LogP contribution in [0.15, 0.2) is 61.2 Å². The van der Waals surface area contributed by atoms with E-state index < -0.39 is 0 Å². The van der Waals surface area contributed by atoms with Crippen molar-refractivity contribution in [1.29, 1.82) is 0 Å². The molecule has 0 aliphatic carbocycles. The van der Waals surface area contributed by atoms with Crippen LogP contribution in [0.4, 0.5) is 11.6 Å². The van der Waals surface area contributed by atoms with E-state index in [9.17, 15) is 0 Å².